The summed E-state index contributed by atoms with van der Waals surface area (Å²) >= 11 is 12.1. The molecule has 0 aliphatic heterocycles. The van der Waals surface area contributed by atoms with Crippen molar-refractivity contribution in [2.45, 2.75) is 12.8 Å². The Hall–Kier alpha value is -2.30. The number of aliphatic carboxylic acids is 1. The molecule has 0 atom stereocenters. The molecule has 0 aliphatic carbocycles. The van der Waals surface area contributed by atoms with Crippen molar-refractivity contribution in [3.63, 3.8) is 0 Å². The maximum Gasteiger partial charge on any atom is 0.303 e. The van der Waals surface area contributed by atoms with Crippen LogP contribution in [0, 0.1) is 5.82 Å². The molecule has 0 spiro atoms. The molecule has 2 aromatic carbocycles. The van der Waals surface area contributed by atoms with Gasteiger partial charge in [-0.1, -0.05) is 23.2 Å². The topological polar surface area (TPSA) is 42.2 Å². The number of halogens is 3. The summed E-state index contributed by atoms with van der Waals surface area (Å²) in [6, 6.07) is 15.1. The first kappa shape index (κ1) is 17.5. The second kappa shape index (κ2) is 7.30. The van der Waals surface area contributed by atoms with Crippen LogP contribution in [0.4, 0.5) is 4.39 Å². The molecule has 0 unspecified atom stereocenters. The van der Waals surface area contributed by atoms with Crippen molar-refractivity contribution in [2.24, 2.45) is 0 Å². The molecule has 3 nitrogen and oxygen atoms in total. The second-order valence-electron chi connectivity index (χ2n) is 5.54. The summed E-state index contributed by atoms with van der Waals surface area (Å²) in [6.07, 6.45) is 0.366. The van der Waals surface area contributed by atoms with Crippen molar-refractivity contribution in [2.75, 3.05) is 0 Å². The van der Waals surface area contributed by atoms with Gasteiger partial charge in [0.2, 0.25) is 0 Å². The van der Waals surface area contributed by atoms with E-state index in [1.165, 1.54) is 12.1 Å². The molecule has 3 rings (SSSR count). The van der Waals surface area contributed by atoms with Crippen LogP contribution in [0.2, 0.25) is 10.0 Å². The Balaban J connectivity index is 2.13. The summed E-state index contributed by atoms with van der Waals surface area (Å²) in [7, 11) is 0. The number of carboxylic acid groups (broad SMARTS) is 1. The molecule has 1 N–H and O–H groups in total. The van der Waals surface area contributed by atoms with Gasteiger partial charge in [-0.05, 0) is 66.6 Å². The first-order chi connectivity index (χ1) is 12.0. The lowest BCUT2D eigenvalue weighted by molar-refractivity contribution is -0.136. The van der Waals surface area contributed by atoms with E-state index < -0.39 is 5.97 Å². The lowest BCUT2D eigenvalue weighted by atomic mass is 10.1. The van der Waals surface area contributed by atoms with E-state index in [1.807, 2.05) is 22.8 Å². The Bertz CT molecular complexity index is 920. The molecule has 0 aliphatic rings. The van der Waals surface area contributed by atoms with E-state index in [-0.39, 0.29) is 12.2 Å². The molecule has 25 heavy (non-hydrogen) atoms. The number of hydrogen-bond acceptors (Lipinski definition) is 1. The van der Waals surface area contributed by atoms with Gasteiger partial charge in [-0.15, -0.1) is 0 Å². The average Bonchev–Trinajstić information content (AvgIpc) is 3.00. The summed E-state index contributed by atoms with van der Waals surface area (Å²) in [5, 5.41) is 9.82. The van der Waals surface area contributed by atoms with Gasteiger partial charge in [-0.25, -0.2) is 4.39 Å². The maximum absolute atomic E-state index is 13.2. The molecule has 0 bridgehead atoms. The van der Waals surface area contributed by atoms with Gasteiger partial charge in [0.25, 0.3) is 0 Å². The molecule has 0 amide bonds. The highest BCUT2D eigenvalue weighted by molar-refractivity contribution is 6.42. The van der Waals surface area contributed by atoms with Crippen molar-refractivity contribution in [3.05, 3.63) is 76.2 Å². The molecule has 1 heterocycles. The van der Waals surface area contributed by atoms with Crippen LogP contribution in [0.5, 0.6) is 0 Å². The third-order valence-electron chi connectivity index (χ3n) is 3.86. The smallest absolute Gasteiger partial charge is 0.303 e. The van der Waals surface area contributed by atoms with Crippen LogP contribution in [0.15, 0.2) is 54.6 Å². The van der Waals surface area contributed by atoms with Gasteiger partial charge >= 0.3 is 5.97 Å². The molecule has 1 aromatic heterocycles. The molecule has 128 valence electrons. The zero-order valence-corrected chi connectivity index (χ0v) is 14.6. The minimum absolute atomic E-state index is 0.00813. The van der Waals surface area contributed by atoms with E-state index in [2.05, 4.69) is 0 Å². The van der Waals surface area contributed by atoms with Gasteiger partial charge in [0.15, 0.2) is 0 Å². The van der Waals surface area contributed by atoms with Crippen LogP contribution in [-0.4, -0.2) is 15.6 Å². The summed E-state index contributed by atoms with van der Waals surface area (Å²) in [4.78, 5) is 10.9. The predicted octanol–water partition coefficient (Wildman–Crippen LogP) is 5.61. The standard InChI is InChI=1S/C19H14Cl2FNO2/c20-16-8-5-15(11-17(16)21)23-14(7-10-19(24)25)6-9-18(23)12-1-3-13(22)4-2-12/h1-6,8-9,11H,7,10H2,(H,24,25). The molecule has 0 saturated heterocycles. The van der Waals surface area contributed by atoms with Crippen molar-refractivity contribution in [3.8, 4) is 16.9 Å². The van der Waals surface area contributed by atoms with E-state index in [0.29, 0.717) is 16.5 Å². The van der Waals surface area contributed by atoms with Gasteiger partial charge in [-0.3, -0.25) is 4.79 Å². The number of nitrogens with zero attached hydrogens (tertiary/aromatic N) is 1. The fourth-order valence-electron chi connectivity index (χ4n) is 2.68. The lowest BCUT2D eigenvalue weighted by Crippen LogP contribution is -2.05. The number of rotatable bonds is 5. The molecule has 6 heteroatoms. The molecule has 0 radical (unpaired) electrons. The Morgan fingerprint density at radius 2 is 1.72 bits per heavy atom. The van der Waals surface area contributed by atoms with Crippen LogP contribution in [0.1, 0.15) is 12.1 Å². The normalized spacial score (nSPS) is 10.8. The molecule has 0 fully saturated rings. The van der Waals surface area contributed by atoms with E-state index >= 15 is 0 Å². The summed E-state index contributed by atoms with van der Waals surface area (Å²) in [6.45, 7) is 0. The minimum atomic E-state index is -0.870. The van der Waals surface area contributed by atoms with Crippen LogP contribution in [0.25, 0.3) is 16.9 Å². The first-order valence-corrected chi connectivity index (χ1v) is 8.35. The van der Waals surface area contributed by atoms with E-state index in [1.54, 1.807) is 24.3 Å². The van der Waals surface area contributed by atoms with Crippen molar-refractivity contribution >= 4 is 29.2 Å². The maximum atomic E-state index is 13.2. The molecule has 3 aromatic rings. The van der Waals surface area contributed by atoms with E-state index in [0.717, 1.165) is 22.6 Å². The van der Waals surface area contributed by atoms with E-state index in [9.17, 15) is 9.18 Å². The number of carboxylic acids is 1. The number of hydrogen-bond donors (Lipinski definition) is 1. The van der Waals surface area contributed by atoms with Crippen LogP contribution in [0.3, 0.4) is 0 Å². The first-order valence-electron chi connectivity index (χ1n) is 7.59. The van der Waals surface area contributed by atoms with Gasteiger partial charge in [0.05, 0.1) is 22.2 Å². The summed E-state index contributed by atoms with van der Waals surface area (Å²) in [5.74, 6) is -1.19. The van der Waals surface area contributed by atoms with Crippen LogP contribution in [-0.2, 0) is 11.2 Å². The van der Waals surface area contributed by atoms with Gasteiger partial charge in [-0.2, -0.15) is 0 Å². The minimum Gasteiger partial charge on any atom is -0.481 e. The quantitative estimate of drug-likeness (QED) is 0.627. The SMILES string of the molecule is O=C(O)CCc1ccc(-c2ccc(F)cc2)n1-c1ccc(Cl)c(Cl)c1. The Labute approximate surface area is 154 Å². The number of aromatic nitrogens is 1. The van der Waals surface area contributed by atoms with Gasteiger partial charge in [0, 0.05) is 11.4 Å². The highest BCUT2D eigenvalue weighted by Crippen LogP contribution is 2.31. The van der Waals surface area contributed by atoms with Gasteiger partial charge < -0.3 is 9.67 Å². The molecule has 0 saturated carbocycles. The van der Waals surface area contributed by atoms with Crippen LogP contribution < -0.4 is 0 Å². The monoisotopic (exact) mass is 377 g/mol. The molecular weight excluding hydrogens is 364 g/mol. The third-order valence-corrected chi connectivity index (χ3v) is 4.60. The Morgan fingerprint density at radius 3 is 2.36 bits per heavy atom. The highest BCUT2D eigenvalue weighted by Gasteiger charge is 2.14. The fraction of sp³-hybridized carbons (Fsp3) is 0.105. The molecular formula is C19H14Cl2FNO2. The Kier molecular flexibility index (Phi) is 5.11. The van der Waals surface area contributed by atoms with Crippen molar-refractivity contribution < 1.29 is 14.3 Å². The third kappa shape index (κ3) is 3.86. The summed E-state index contributed by atoms with van der Waals surface area (Å²) in [5.41, 5.74) is 3.21. The fourth-order valence-corrected chi connectivity index (χ4v) is 2.98. The lowest BCUT2D eigenvalue weighted by Gasteiger charge is -2.14. The van der Waals surface area contributed by atoms with Crippen molar-refractivity contribution in [1.29, 1.82) is 0 Å². The van der Waals surface area contributed by atoms with Crippen molar-refractivity contribution in [1.82, 2.24) is 4.57 Å². The number of aryl methyl sites for hydroxylation is 1. The number of benzene rings is 2. The number of carbonyl (C=O) groups is 1. The average molecular weight is 378 g/mol. The van der Waals surface area contributed by atoms with Crippen LogP contribution >= 0.6 is 23.2 Å². The van der Waals surface area contributed by atoms with E-state index in [4.69, 9.17) is 28.3 Å². The second-order valence-corrected chi connectivity index (χ2v) is 6.36. The largest absolute Gasteiger partial charge is 0.481 e. The predicted molar refractivity (Wildman–Crippen MR) is 97.1 cm³/mol. The zero-order chi connectivity index (χ0) is 18.0. The van der Waals surface area contributed by atoms with Gasteiger partial charge in [0.1, 0.15) is 5.82 Å². The highest BCUT2D eigenvalue weighted by atomic mass is 35.5. The summed E-state index contributed by atoms with van der Waals surface area (Å²) < 4.78 is 15.1. The Morgan fingerprint density at radius 1 is 1.00 bits per heavy atom. The zero-order valence-electron chi connectivity index (χ0n) is 13.0.